The quantitative estimate of drug-likeness (QED) is 0.716. The second-order valence-corrected chi connectivity index (χ2v) is 5.72. The summed E-state index contributed by atoms with van der Waals surface area (Å²) < 4.78 is 6.93. The third-order valence-corrected chi connectivity index (χ3v) is 4.20. The molecule has 0 aliphatic rings. The largest absolute Gasteiger partial charge is 0.488 e. The van der Waals surface area contributed by atoms with E-state index in [1.807, 2.05) is 24.3 Å². The molecule has 0 amide bonds. The van der Waals surface area contributed by atoms with Gasteiger partial charge in [-0.2, -0.15) is 0 Å². The number of benzene rings is 2. The van der Waals surface area contributed by atoms with E-state index in [2.05, 4.69) is 31.2 Å². The average Bonchev–Trinajstić information content (AvgIpc) is 2.83. The van der Waals surface area contributed by atoms with Crippen molar-refractivity contribution in [2.24, 2.45) is 0 Å². The third kappa shape index (κ3) is 2.56. The van der Waals surface area contributed by atoms with Crippen LogP contribution in [0.3, 0.4) is 0 Å². The first-order chi connectivity index (χ1) is 9.22. The first-order valence-corrected chi connectivity index (χ1v) is 7.00. The minimum atomic E-state index is 0.585. The molecule has 0 aliphatic heterocycles. The number of fused-ring (bicyclic) bond motifs is 1. The van der Waals surface area contributed by atoms with Crippen molar-refractivity contribution in [1.82, 2.24) is 0 Å². The van der Waals surface area contributed by atoms with E-state index in [0.717, 1.165) is 16.1 Å². The van der Waals surface area contributed by atoms with Crippen LogP contribution in [0.2, 0.25) is 0 Å². The molecule has 96 valence electrons. The van der Waals surface area contributed by atoms with Crippen molar-refractivity contribution in [3.05, 3.63) is 59.0 Å². The Labute approximate surface area is 116 Å². The van der Waals surface area contributed by atoms with Gasteiger partial charge in [-0.1, -0.05) is 29.8 Å². The van der Waals surface area contributed by atoms with Gasteiger partial charge in [-0.25, -0.2) is 0 Å². The fourth-order valence-electron chi connectivity index (χ4n) is 2.00. The van der Waals surface area contributed by atoms with Gasteiger partial charge in [0.2, 0.25) is 0 Å². The minimum absolute atomic E-state index is 0.585. The summed E-state index contributed by atoms with van der Waals surface area (Å²) in [5, 5.41) is 1.19. The van der Waals surface area contributed by atoms with Crippen LogP contribution in [0, 0.1) is 6.92 Å². The van der Waals surface area contributed by atoms with Crippen LogP contribution in [0.1, 0.15) is 10.4 Å². The van der Waals surface area contributed by atoms with Gasteiger partial charge in [-0.3, -0.25) is 0 Å². The van der Waals surface area contributed by atoms with Gasteiger partial charge in [0.15, 0.2) is 0 Å². The van der Waals surface area contributed by atoms with Crippen LogP contribution < -0.4 is 10.5 Å². The highest BCUT2D eigenvalue weighted by Gasteiger charge is 2.05. The molecule has 1 aromatic heterocycles. The van der Waals surface area contributed by atoms with Gasteiger partial charge < -0.3 is 10.5 Å². The van der Waals surface area contributed by atoms with E-state index >= 15 is 0 Å². The zero-order chi connectivity index (χ0) is 13.2. The summed E-state index contributed by atoms with van der Waals surface area (Å²) in [6.07, 6.45) is 0. The lowest BCUT2D eigenvalue weighted by molar-refractivity contribution is 0.310. The van der Waals surface area contributed by atoms with E-state index < -0.39 is 0 Å². The molecule has 2 nitrogen and oxygen atoms in total. The fourth-order valence-corrected chi connectivity index (χ4v) is 3.00. The lowest BCUT2D eigenvalue weighted by Gasteiger charge is -2.04. The molecule has 0 unspecified atom stereocenters. The van der Waals surface area contributed by atoms with Crippen LogP contribution in [0.5, 0.6) is 5.75 Å². The number of ether oxygens (including phenoxy) is 1. The van der Waals surface area contributed by atoms with E-state index in [0.29, 0.717) is 6.61 Å². The SMILES string of the molecule is Cc1ccc(OCc2cc3cccc(N)c3s2)cc1. The molecule has 2 N–H and O–H groups in total. The van der Waals surface area contributed by atoms with Crippen molar-refractivity contribution in [2.45, 2.75) is 13.5 Å². The standard InChI is InChI=1S/C16H15NOS/c1-11-5-7-13(8-6-11)18-10-14-9-12-3-2-4-15(17)16(12)19-14/h2-9H,10,17H2,1H3. The number of rotatable bonds is 3. The summed E-state index contributed by atoms with van der Waals surface area (Å²) in [5.74, 6) is 0.899. The summed E-state index contributed by atoms with van der Waals surface area (Å²) in [6, 6.07) is 16.2. The molecule has 0 saturated heterocycles. The van der Waals surface area contributed by atoms with Crippen LogP contribution in [-0.4, -0.2) is 0 Å². The summed E-state index contributed by atoms with van der Waals surface area (Å²) in [7, 11) is 0. The lowest BCUT2D eigenvalue weighted by atomic mass is 10.2. The van der Waals surface area contributed by atoms with Crippen molar-refractivity contribution in [3.8, 4) is 5.75 Å². The van der Waals surface area contributed by atoms with Crippen LogP contribution in [0.15, 0.2) is 48.5 Å². The summed E-state index contributed by atoms with van der Waals surface area (Å²) in [6.45, 7) is 2.65. The van der Waals surface area contributed by atoms with Crippen molar-refractivity contribution >= 4 is 27.1 Å². The summed E-state index contributed by atoms with van der Waals surface area (Å²) in [4.78, 5) is 1.19. The molecule has 19 heavy (non-hydrogen) atoms. The number of thiophene rings is 1. The zero-order valence-electron chi connectivity index (χ0n) is 10.7. The van der Waals surface area contributed by atoms with Crippen molar-refractivity contribution < 1.29 is 4.74 Å². The fraction of sp³-hybridized carbons (Fsp3) is 0.125. The van der Waals surface area contributed by atoms with Crippen LogP contribution in [0.25, 0.3) is 10.1 Å². The third-order valence-electron chi connectivity index (χ3n) is 3.03. The summed E-state index contributed by atoms with van der Waals surface area (Å²) in [5.41, 5.74) is 8.04. The second-order valence-electron chi connectivity index (χ2n) is 4.58. The van der Waals surface area contributed by atoms with Crippen molar-refractivity contribution in [2.75, 3.05) is 5.73 Å². The molecular weight excluding hydrogens is 254 g/mol. The molecule has 3 aromatic rings. The van der Waals surface area contributed by atoms with Crippen LogP contribution >= 0.6 is 11.3 Å². The van der Waals surface area contributed by atoms with Gasteiger partial charge in [0.05, 0.1) is 4.70 Å². The van der Waals surface area contributed by atoms with Crippen molar-refractivity contribution in [3.63, 3.8) is 0 Å². The van der Waals surface area contributed by atoms with Crippen LogP contribution in [-0.2, 0) is 6.61 Å². The molecule has 3 rings (SSSR count). The highest BCUT2D eigenvalue weighted by molar-refractivity contribution is 7.19. The maximum Gasteiger partial charge on any atom is 0.122 e. The summed E-state index contributed by atoms with van der Waals surface area (Å²) >= 11 is 1.70. The maximum atomic E-state index is 5.96. The molecule has 0 radical (unpaired) electrons. The van der Waals surface area contributed by atoms with E-state index in [1.165, 1.54) is 15.8 Å². The number of hydrogen-bond acceptors (Lipinski definition) is 3. The van der Waals surface area contributed by atoms with Gasteiger partial charge in [0.25, 0.3) is 0 Å². The van der Waals surface area contributed by atoms with Gasteiger partial charge in [-0.15, -0.1) is 11.3 Å². The normalized spacial score (nSPS) is 10.8. The number of nitrogen functional groups attached to an aromatic ring is 1. The topological polar surface area (TPSA) is 35.2 Å². The Kier molecular flexibility index (Phi) is 3.13. The van der Waals surface area contributed by atoms with Gasteiger partial charge in [0, 0.05) is 10.6 Å². The number of anilines is 1. The molecular formula is C16H15NOS. The first-order valence-electron chi connectivity index (χ1n) is 6.19. The van der Waals surface area contributed by atoms with Gasteiger partial charge in [-0.05, 0) is 36.6 Å². The molecule has 0 saturated carbocycles. The predicted molar refractivity (Wildman–Crippen MR) is 81.7 cm³/mol. The smallest absolute Gasteiger partial charge is 0.122 e. The van der Waals surface area contributed by atoms with E-state index in [1.54, 1.807) is 11.3 Å². The number of hydrogen-bond donors (Lipinski definition) is 1. The molecule has 0 bridgehead atoms. The predicted octanol–water partition coefficient (Wildman–Crippen LogP) is 4.37. The Morgan fingerprint density at radius 2 is 1.89 bits per heavy atom. The van der Waals surface area contributed by atoms with E-state index in [9.17, 15) is 0 Å². The van der Waals surface area contributed by atoms with Crippen LogP contribution in [0.4, 0.5) is 5.69 Å². The van der Waals surface area contributed by atoms with Gasteiger partial charge in [0.1, 0.15) is 12.4 Å². The highest BCUT2D eigenvalue weighted by atomic mass is 32.1. The molecule has 0 spiro atoms. The Hall–Kier alpha value is -2.00. The Morgan fingerprint density at radius 1 is 1.11 bits per heavy atom. The van der Waals surface area contributed by atoms with E-state index in [4.69, 9.17) is 10.5 Å². The Balaban J connectivity index is 1.78. The van der Waals surface area contributed by atoms with E-state index in [-0.39, 0.29) is 0 Å². The average molecular weight is 269 g/mol. The number of nitrogens with two attached hydrogens (primary N) is 1. The monoisotopic (exact) mass is 269 g/mol. The molecule has 3 heteroatoms. The first kappa shape index (κ1) is 12.1. The maximum absolute atomic E-state index is 5.96. The molecule has 0 fully saturated rings. The second kappa shape index (κ2) is 4.94. The molecule has 2 aromatic carbocycles. The Bertz CT molecular complexity index is 700. The molecule has 0 aliphatic carbocycles. The zero-order valence-corrected chi connectivity index (χ0v) is 11.5. The number of aryl methyl sites for hydroxylation is 1. The molecule has 0 atom stereocenters. The minimum Gasteiger partial charge on any atom is -0.488 e. The highest BCUT2D eigenvalue weighted by Crippen LogP contribution is 2.30. The van der Waals surface area contributed by atoms with Gasteiger partial charge >= 0.3 is 0 Å². The lowest BCUT2D eigenvalue weighted by Crippen LogP contribution is -1.92. The Morgan fingerprint density at radius 3 is 2.63 bits per heavy atom. The molecule has 1 heterocycles. The van der Waals surface area contributed by atoms with Crippen molar-refractivity contribution in [1.29, 1.82) is 0 Å².